The maximum Gasteiger partial charge on any atom is 0.239 e. The second-order valence-electron chi connectivity index (χ2n) is 3.85. The molecule has 96 valence electrons. The fraction of sp³-hybridized carbons (Fsp3) is 0.909. The number of carbonyl (C=O) groups is 1. The highest BCUT2D eigenvalue weighted by molar-refractivity contribution is 5.81. The van der Waals surface area contributed by atoms with Crippen molar-refractivity contribution in [3.8, 4) is 0 Å². The zero-order valence-corrected chi connectivity index (χ0v) is 10.6. The smallest absolute Gasteiger partial charge is 0.239 e. The monoisotopic (exact) mass is 232 g/mol. The number of rotatable bonds is 9. The zero-order valence-electron chi connectivity index (χ0n) is 10.6. The Kier molecular flexibility index (Phi) is 9.18. The van der Waals surface area contributed by atoms with Crippen molar-refractivity contribution < 1.29 is 14.3 Å². The lowest BCUT2D eigenvalue weighted by Gasteiger charge is -2.21. The van der Waals surface area contributed by atoms with E-state index < -0.39 is 6.04 Å². The summed E-state index contributed by atoms with van der Waals surface area (Å²) in [4.78, 5) is 13.4. The molecule has 5 heteroatoms. The Morgan fingerprint density at radius 2 is 1.81 bits per heavy atom. The Balaban J connectivity index is 3.73. The highest BCUT2D eigenvalue weighted by atomic mass is 16.5. The first-order valence-electron chi connectivity index (χ1n) is 5.62. The molecule has 0 rings (SSSR count). The summed E-state index contributed by atoms with van der Waals surface area (Å²) in [6.45, 7) is 2.00. The fourth-order valence-electron chi connectivity index (χ4n) is 1.41. The number of amides is 1. The lowest BCUT2D eigenvalue weighted by Crippen LogP contribution is -2.42. The molecule has 0 aliphatic rings. The predicted octanol–water partition coefficient (Wildman–Crippen LogP) is 0.235. The van der Waals surface area contributed by atoms with Crippen LogP contribution in [-0.4, -0.2) is 57.9 Å². The van der Waals surface area contributed by atoms with Crippen LogP contribution in [0.15, 0.2) is 0 Å². The van der Waals surface area contributed by atoms with E-state index in [0.29, 0.717) is 26.2 Å². The Labute approximate surface area is 97.9 Å². The van der Waals surface area contributed by atoms with E-state index in [9.17, 15) is 4.79 Å². The Bertz CT molecular complexity index is 170. The van der Waals surface area contributed by atoms with Gasteiger partial charge in [0, 0.05) is 41.0 Å². The van der Waals surface area contributed by atoms with Crippen molar-refractivity contribution in [1.82, 2.24) is 4.90 Å². The predicted molar refractivity (Wildman–Crippen MR) is 63.2 cm³/mol. The standard InChI is InChI=1S/C11H24N2O3/c1-13(7-5-9-16-3)11(14)10(12)6-4-8-15-2/h10H,4-9,12H2,1-3H3. The maximum absolute atomic E-state index is 11.8. The van der Waals surface area contributed by atoms with E-state index in [2.05, 4.69) is 0 Å². The highest BCUT2D eigenvalue weighted by Gasteiger charge is 2.16. The van der Waals surface area contributed by atoms with Crippen molar-refractivity contribution in [2.24, 2.45) is 5.73 Å². The molecule has 0 bridgehead atoms. The fourth-order valence-corrected chi connectivity index (χ4v) is 1.41. The average molecular weight is 232 g/mol. The SMILES string of the molecule is COCCCC(N)C(=O)N(C)CCCOC. The summed E-state index contributed by atoms with van der Waals surface area (Å²) in [7, 11) is 5.07. The number of hydrogen-bond acceptors (Lipinski definition) is 4. The van der Waals surface area contributed by atoms with E-state index in [0.717, 1.165) is 12.8 Å². The molecular formula is C11H24N2O3. The van der Waals surface area contributed by atoms with Gasteiger partial charge in [-0.05, 0) is 19.3 Å². The molecule has 0 aliphatic carbocycles. The molecule has 0 aliphatic heterocycles. The first-order valence-corrected chi connectivity index (χ1v) is 5.62. The van der Waals surface area contributed by atoms with Gasteiger partial charge < -0.3 is 20.1 Å². The minimum atomic E-state index is -0.414. The van der Waals surface area contributed by atoms with Crippen molar-refractivity contribution in [3.63, 3.8) is 0 Å². The van der Waals surface area contributed by atoms with Crippen LogP contribution in [0.4, 0.5) is 0 Å². The molecule has 2 N–H and O–H groups in total. The molecule has 0 saturated heterocycles. The number of nitrogens with zero attached hydrogens (tertiary/aromatic N) is 1. The summed E-state index contributed by atoms with van der Waals surface area (Å²) in [6.07, 6.45) is 2.32. The van der Waals surface area contributed by atoms with E-state index in [4.69, 9.17) is 15.2 Å². The number of nitrogens with two attached hydrogens (primary N) is 1. The van der Waals surface area contributed by atoms with Crippen LogP contribution in [0, 0.1) is 0 Å². The molecule has 0 heterocycles. The van der Waals surface area contributed by atoms with Crippen molar-refractivity contribution in [2.75, 3.05) is 41.0 Å². The summed E-state index contributed by atoms with van der Waals surface area (Å²) in [5.74, 6) is -0.00722. The number of carbonyl (C=O) groups excluding carboxylic acids is 1. The number of methoxy groups -OCH3 is 2. The molecule has 1 amide bonds. The van der Waals surface area contributed by atoms with Gasteiger partial charge in [0.05, 0.1) is 6.04 Å². The molecule has 0 aromatic carbocycles. The van der Waals surface area contributed by atoms with Gasteiger partial charge in [0.25, 0.3) is 0 Å². The Hall–Kier alpha value is -0.650. The van der Waals surface area contributed by atoms with Crippen LogP contribution in [0.5, 0.6) is 0 Å². The largest absolute Gasteiger partial charge is 0.385 e. The minimum Gasteiger partial charge on any atom is -0.385 e. The summed E-state index contributed by atoms with van der Waals surface area (Å²) in [5, 5.41) is 0. The second-order valence-corrected chi connectivity index (χ2v) is 3.85. The van der Waals surface area contributed by atoms with Crippen molar-refractivity contribution in [3.05, 3.63) is 0 Å². The summed E-state index contributed by atoms with van der Waals surface area (Å²) in [6, 6.07) is -0.414. The molecule has 1 unspecified atom stereocenters. The molecule has 0 aromatic rings. The van der Waals surface area contributed by atoms with Gasteiger partial charge in [-0.2, -0.15) is 0 Å². The molecule has 16 heavy (non-hydrogen) atoms. The first-order chi connectivity index (χ1) is 7.63. The summed E-state index contributed by atoms with van der Waals surface area (Å²) < 4.78 is 9.84. The molecule has 5 nitrogen and oxygen atoms in total. The van der Waals surface area contributed by atoms with Crippen LogP contribution >= 0.6 is 0 Å². The molecule has 0 fully saturated rings. The molecule has 0 aromatic heterocycles. The van der Waals surface area contributed by atoms with Gasteiger partial charge in [-0.25, -0.2) is 0 Å². The first kappa shape index (κ1) is 15.3. The Morgan fingerprint density at radius 3 is 2.38 bits per heavy atom. The van der Waals surface area contributed by atoms with Crippen LogP contribution in [0.25, 0.3) is 0 Å². The van der Waals surface area contributed by atoms with E-state index in [1.807, 2.05) is 0 Å². The molecule has 1 atom stereocenters. The van der Waals surface area contributed by atoms with Crippen LogP contribution in [-0.2, 0) is 14.3 Å². The number of ether oxygens (including phenoxy) is 2. The molecular weight excluding hydrogens is 208 g/mol. The van der Waals surface area contributed by atoms with Crippen LogP contribution in [0.2, 0.25) is 0 Å². The summed E-state index contributed by atoms with van der Waals surface area (Å²) >= 11 is 0. The normalized spacial score (nSPS) is 12.5. The van der Waals surface area contributed by atoms with Gasteiger partial charge in [-0.15, -0.1) is 0 Å². The molecule has 0 radical (unpaired) electrons. The molecule has 0 spiro atoms. The van der Waals surface area contributed by atoms with Crippen LogP contribution in [0.3, 0.4) is 0 Å². The third-order valence-electron chi connectivity index (χ3n) is 2.40. The third kappa shape index (κ3) is 6.76. The maximum atomic E-state index is 11.8. The van der Waals surface area contributed by atoms with E-state index in [1.54, 1.807) is 26.2 Å². The van der Waals surface area contributed by atoms with Gasteiger partial charge in [-0.1, -0.05) is 0 Å². The Morgan fingerprint density at radius 1 is 1.25 bits per heavy atom. The highest BCUT2D eigenvalue weighted by Crippen LogP contribution is 2.00. The molecule has 0 saturated carbocycles. The zero-order chi connectivity index (χ0) is 12.4. The van der Waals surface area contributed by atoms with Crippen LogP contribution < -0.4 is 5.73 Å². The quantitative estimate of drug-likeness (QED) is 0.578. The van der Waals surface area contributed by atoms with E-state index in [1.165, 1.54) is 0 Å². The van der Waals surface area contributed by atoms with Crippen molar-refractivity contribution in [2.45, 2.75) is 25.3 Å². The lowest BCUT2D eigenvalue weighted by atomic mass is 10.1. The third-order valence-corrected chi connectivity index (χ3v) is 2.40. The van der Waals surface area contributed by atoms with Gasteiger partial charge >= 0.3 is 0 Å². The van der Waals surface area contributed by atoms with E-state index >= 15 is 0 Å². The summed E-state index contributed by atoms with van der Waals surface area (Å²) in [5.41, 5.74) is 5.79. The van der Waals surface area contributed by atoms with E-state index in [-0.39, 0.29) is 5.91 Å². The topological polar surface area (TPSA) is 64.8 Å². The number of hydrogen-bond donors (Lipinski definition) is 1. The van der Waals surface area contributed by atoms with Gasteiger partial charge in [0.1, 0.15) is 0 Å². The van der Waals surface area contributed by atoms with Gasteiger partial charge in [0.2, 0.25) is 5.91 Å². The second kappa shape index (κ2) is 9.57. The minimum absolute atomic E-state index is 0.00722. The van der Waals surface area contributed by atoms with Crippen molar-refractivity contribution >= 4 is 5.91 Å². The van der Waals surface area contributed by atoms with Gasteiger partial charge in [0.15, 0.2) is 0 Å². The van der Waals surface area contributed by atoms with Crippen LogP contribution in [0.1, 0.15) is 19.3 Å². The number of likely N-dealkylation sites (N-methyl/N-ethyl adjacent to an activating group) is 1. The van der Waals surface area contributed by atoms with Gasteiger partial charge in [-0.3, -0.25) is 4.79 Å². The average Bonchev–Trinajstić information content (AvgIpc) is 2.28. The van der Waals surface area contributed by atoms with Crippen molar-refractivity contribution in [1.29, 1.82) is 0 Å². The lowest BCUT2D eigenvalue weighted by molar-refractivity contribution is -0.131.